The molecular formula is C17H19N3. The lowest BCUT2D eigenvalue weighted by Crippen LogP contribution is -1.97. The maximum Gasteiger partial charge on any atom is 0.0701 e. The Balaban J connectivity index is 2.09. The largest absolute Gasteiger partial charge is 0.256 e. The van der Waals surface area contributed by atoms with E-state index in [0.717, 1.165) is 29.1 Å². The molecule has 1 aromatic heterocycles. The highest BCUT2D eigenvalue weighted by Crippen LogP contribution is 2.17. The normalized spacial score (nSPS) is 11.2. The third-order valence-corrected chi connectivity index (χ3v) is 2.80. The zero-order valence-electron chi connectivity index (χ0n) is 12.2. The van der Waals surface area contributed by atoms with Crippen LogP contribution in [0, 0.1) is 0 Å². The van der Waals surface area contributed by atoms with E-state index in [-0.39, 0.29) is 0 Å². The summed E-state index contributed by atoms with van der Waals surface area (Å²) in [5, 5.41) is 8.27. The molecule has 3 nitrogen and oxygen atoms in total. The van der Waals surface area contributed by atoms with Crippen molar-refractivity contribution in [1.82, 2.24) is 4.98 Å². The molecule has 2 rings (SSSR count). The Kier molecular flexibility index (Phi) is 4.77. The Morgan fingerprint density at radius 1 is 0.950 bits per heavy atom. The van der Waals surface area contributed by atoms with Crippen molar-refractivity contribution in [2.45, 2.75) is 27.2 Å². The molecule has 0 spiro atoms. The van der Waals surface area contributed by atoms with Crippen LogP contribution in [0.2, 0.25) is 0 Å². The van der Waals surface area contributed by atoms with Gasteiger partial charge in [-0.15, -0.1) is 0 Å². The number of rotatable bonds is 4. The van der Waals surface area contributed by atoms with E-state index in [1.165, 1.54) is 5.56 Å². The van der Waals surface area contributed by atoms with Crippen LogP contribution < -0.4 is 0 Å². The second-order valence-electron chi connectivity index (χ2n) is 4.97. The minimum Gasteiger partial charge on any atom is -0.256 e. The third-order valence-electron chi connectivity index (χ3n) is 2.80. The second kappa shape index (κ2) is 6.75. The van der Waals surface area contributed by atoms with E-state index in [2.05, 4.69) is 39.5 Å². The average molecular weight is 265 g/mol. The average Bonchev–Trinajstić information content (AvgIpc) is 2.47. The molecule has 0 saturated carbocycles. The minimum atomic E-state index is 0.819. The molecule has 0 fully saturated rings. The molecule has 0 aliphatic rings. The predicted octanol–water partition coefficient (Wildman–Crippen LogP) is 4.15. The van der Waals surface area contributed by atoms with Crippen molar-refractivity contribution in [3.05, 3.63) is 54.2 Å². The molecule has 0 N–H and O–H groups in total. The third kappa shape index (κ3) is 4.12. The second-order valence-corrected chi connectivity index (χ2v) is 4.97. The van der Waals surface area contributed by atoms with Gasteiger partial charge in [0.05, 0.1) is 5.69 Å². The fourth-order valence-electron chi connectivity index (χ4n) is 1.84. The van der Waals surface area contributed by atoms with Crippen LogP contribution in [-0.4, -0.2) is 16.4 Å². The quantitative estimate of drug-likeness (QED) is 0.604. The predicted molar refractivity (Wildman–Crippen MR) is 85.3 cm³/mol. The molecule has 0 saturated heterocycles. The molecule has 1 heterocycles. The maximum absolute atomic E-state index is 4.35. The van der Waals surface area contributed by atoms with E-state index in [1.807, 2.05) is 45.2 Å². The molecule has 0 atom stereocenters. The topological polar surface area (TPSA) is 37.6 Å². The van der Waals surface area contributed by atoms with E-state index in [9.17, 15) is 0 Å². The number of benzene rings is 1. The van der Waals surface area contributed by atoms with Crippen LogP contribution in [0.5, 0.6) is 0 Å². The van der Waals surface area contributed by atoms with E-state index in [4.69, 9.17) is 0 Å². The van der Waals surface area contributed by atoms with Crippen molar-refractivity contribution >= 4 is 11.4 Å². The molecule has 0 bridgehead atoms. The molecule has 2 aromatic rings. The standard InChI is InChI=1S/C17H19N3/c1-13(2)19-20-14(3)12-15-7-9-16(10-8-15)17-6-4-5-11-18-17/h4-11H,12H2,1-3H3/b20-14+. The van der Waals surface area contributed by atoms with Crippen LogP contribution in [-0.2, 0) is 6.42 Å². The molecule has 3 heteroatoms. The smallest absolute Gasteiger partial charge is 0.0701 e. The van der Waals surface area contributed by atoms with Crippen LogP contribution in [0.1, 0.15) is 26.3 Å². The van der Waals surface area contributed by atoms with E-state index >= 15 is 0 Å². The highest BCUT2D eigenvalue weighted by Gasteiger charge is 2.00. The number of hydrogen-bond acceptors (Lipinski definition) is 3. The lowest BCUT2D eigenvalue weighted by molar-refractivity contribution is 1.17. The van der Waals surface area contributed by atoms with Gasteiger partial charge in [-0.2, -0.15) is 10.2 Å². The number of nitrogens with zero attached hydrogens (tertiary/aromatic N) is 3. The summed E-state index contributed by atoms with van der Waals surface area (Å²) >= 11 is 0. The monoisotopic (exact) mass is 265 g/mol. The van der Waals surface area contributed by atoms with Crippen molar-refractivity contribution in [3.63, 3.8) is 0 Å². The van der Waals surface area contributed by atoms with Gasteiger partial charge < -0.3 is 0 Å². The highest BCUT2D eigenvalue weighted by molar-refractivity contribution is 5.86. The van der Waals surface area contributed by atoms with E-state index in [0.29, 0.717) is 0 Å². The van der Waals surface area contributed by atoms with Gasteiger partial charge in [-0.3, -0.25) is 4.98 Å². The fraction of sp³-hybridized carbons (Fsp3) is 0.235. The van der Waals surface area contributed by atoms with Gasteiger partial charge in [-0.05, 0) is 38.5 Å². The first-order valence-electron chi connectivity index (χ1n) is 6.70. The van der Waals surface area contributed by atoms with Crippen LogP contribution in [0.3, 0.4) is 0 Å². The molecule has 0 aliphatic heterocycles. The fourth-order valence-corrected chi connectivity index (χ4v) is 1.84. The highest BCUT2D eigenvalue weighted by atomic mass is 15.2. The molecule has 0 aliphatic carbocycles. The summed E-state index contributed by atoms with van der Waals surface area (Å²) in [7, 11) is 0. The molecule has 20 heavy (non-hydrogen) atoms. The Morgan fingerprint density at radius 3 is 2.30 bits per heavy atom. The Bertz CT molecular complexity index is 606. The van der Waals surface area contributed by atoms with E-state index < -0.39 is 0 Å². The molecule has 102 valence electrons. The van der Waals surface area contributed by atoms with Gasteiger partial charge in [0, 0.05) is 29.6 Å². The van der Waals surface area contributed by atoms with Gasteiger partial charge in [0.2, 0.25) is 0 Å². The van der Waals surface area contributed by atoms with Gasteiger partial charge in [-0.1, -0.05) is 30.3 Å². The van der Waals surface area contributed by atoms with Crippen molar-refractivity contribution < 1.29 is 0 Å². The molecule has 0 radical (unpaired) electrons. The number of aromatic nitrogens is 1. The van der Waals surface area contributed by atoms with Crippen LogP contribution in [0.15, 0.2) is 58.9 Å². The molecular weight excluding hydrogens is 246 g/mol. The van der Waals surface area contributed by atoms with Gasteiger partial charge in [-0.25, -0.2) is 0 Å². The van der Waals surface area contributed by atoms with Gasteiger partial charge >= 0.3 is 0 Å². The van der Waals surface area contributed by atoms with Gasteiger partial charge in [0.25, 0.3) is 0 Å². The summed E-state index contributed by atoms with van der Waals surface area (Å²) < 4.78 is 0. The summed E-state index contributed by atoms with van der Waals surface area (Å²) in [6.45, 7) is 5.88. The summed E-state index contributed by atoms with van der Waals surface area (Å²) in [4.78, 5) is 4.35. The van der Waals surface area contributed by atoms with Crippen molar-refractivity contribution in [2.75, 3.05) is 0 Å². The number of pyridine rings is 1. The lowest BCUT2D eigenvalue weighted by atomic mass is 10.1. The zero-order valence-corrected chi connectivity index (χ0v) is 12.2. The summed E-state index contributed by atoms with van der Waals surface area (Å²) in [6, 6.07) is 14.4. The maximum atomic E-state index is 4.35. The lowest BCUT2D eigenvalue weighted by Gasteiger charge is -2.03. The minimum absolute atomic E-state index is 0.819. The number of hydrogen-bond donors (Lipinski definition) is 0. The first kappa shape index (κ1) is 14.1. The molecule has 0 unspecified atom stereocenters. The van der Waals surface area contributed by atoms with Crippen molar-refractivity contribution in [2.24, 2.45) is 10.2 Å². The first-order chi connectivity index (χ1) is 9.65. The Hall–Kier alpha value is -2.29. The SMILES string of the molecule is CC(C)=N/N=C(\C)Cc1ccc(-c2ccccn2)cc1. The Labute approximate surface area is 120 Å². The Morgan fingerprint density at radius 2 is 1.70 bits per heavy atom. The van der Waals surface area contributed by atoms with Crippen molar-refractivity contribution in [1.29, 1.82) is 0 Å². The van der Waals surface area contributed by atoms with Gasteiger partial charge in [0.1, 0.15) is 0 Å². The first-order valence-corrected chi connectivity index (χ1v) is 6.70. The molecule has 0 amide bonds. The summed E-state index contributed by atoms with van der Waals surface area (Å²) in [6.07, 6.45) is 2.63. The molecule has 1 aromatic carbocycles. The summed E-state index contributed by atoms with van der Waals surface area (Å²) in [5.74, 6) is 0. The zero-order chi connectivity index (χ0) is 14.4. The van der Waals surface area contributed by atoms with Gasteiger partial charge in [0.15, 0.2) is 0 Å². The van der Waals surface area contributed by atoms with E-state index in [1.54, 1.807) is 0 Å². The van der Waals surface area contributed by atoms with Crippen LogP contribution >= 0.6 is 0 Å². The van der Waals surface area contributed by atoms with Crippen LogP contribution in [0.4, 0.5) is 0 Å². The van der Waals surface area contributed by atoms with Crippen LogP contribution in [0.25, 0.3) is 11.3 Å². The summed E-state index contributed by atoms with van der Waals surface area (Å²) in [5.41, 5.74) is 5.34. The van der Waals surface area contributed by atoms with Crippen molar-refractivity contribution in [3.8, 4) is 11.3 Å².